The van der Waals surface area contributed by atoms with E-state index < -0.39 is 17.3 Å². The second-order valence-corrected chi connectivity index (χ2v) is 4.98. The fourth-order valence-electron chi connectivity index (χ4n) is 1.50. The maximum atomic E-state index is 11.9. The van der Waals surface area contributed by atoms with Crippen molar-refractivity contribution in [3.05, 3.63) is 0 Å². The summed E-state index contributed by atoms with van der Waals surface area (Å²) in [6, 6.07) is 0. The number of hydrogen-bond donors (Lipinski definition) is 2. The van der Waals surface area contributed by atoms with Crippen molar-refractivity contribution in [3.63, 3.8) is 0 Å². The highest BCUT2D eigenvalue weighted by Gasteiger charge is 2.38. The fourth-order valence-corrected chi connectivity index (χ4v) is 1.50. The van der Waals surface area contributed by atoms with E-state index in [0.717, 1.165) is 0 Å². The molecule has 0 rings (SSSR count). The van der Waals surface area contributed by atoms with Gasteiger partial charge in [0.15, 0.2) is 0 Å². The highest BCUT2D eigenvalue weighted by molar-refractivity contribution is 5.98. The average Bonchev–Trinajstić information content (AvgIpc) is 2.16. The van der Waals surface area contributed by atoms with Crippen LogP contribution in [0.15, 0.2) is 0 Å². The molecule has 0 aliphatic carbocycles. The van der Waals surface area contributed by atoms with Gasteiger partial charge in [-0.1, -0.05) is 20.8 Å². The van der Waals surface area contributed by atoms with E-state index in [-0.39, 0.29) is 12.5 Å². The van der Waals surface area contributed by atoms with Crippen LogP contribution in [0.2, 0.25) is 0 Å². The van der Waals surface area contributed by atoms with Gasteiger partial charge < -0.3 is 15.8 Å². The first-order chi connectivity index (χ1) is 7.84. The monoisotopic (exact) mass is 244 g/mol. The summed E-state index contributed by atoms with van der Waals surface area (Å²) in [5.41, 5.74) is 4.88. The van der Waals surface area contributed by atoms with Crippen LogP contribution in [-0.2, 0) is 14.3 Å². The number of amides is 1. The molecule has 0 saturated carbocycles. The molecule has 0 aliphatic rings. The molecule has 5 heteroatoms. The molecule has 0 heterocycles. The molecule has 0 aliphatic heterocycles. The van der Waals surface area contributed by atoms with Gasteiger partial charge in [-0.25, -0.2) is 0 Å². The smallest absolute Gasteiger partial charge is 0.319 e. The molecule has 100 valence electrons. The predicted octanol–water partition coefficient (Wildman–Crippen LogP) is 0.677. The Balaban J connectivity index is 4.58. The zero-order valence-corrected chi connectivity index (χ0v) is 11.2. The highest BCUT2D eigenvalue weighted by atomic mass is 16.5. The molecule has 1 unspecified atom stereocenters. The van der Waals surface area contributed by atoms with Crippen molar-refractivity contribution in [2.45, 2.75) is 34.1 Å². The number of nitrogens with two attached hydrogens (primary N) is 1. The van der Waals surface area contributed by atoms with Crippen molar-refractivity contribution < 1.29 is 14.3 Å². The molecule has 3 N–H and O–H groups in total. The molecule has 0 aromatic rings. The number of carbonyl (C=O) groups is 2. The Hall–Kier alpha value is -1.10. The van der Waals surface area contributed by atoms with Gasteiger partial charge in [-0.2, -0.15) is 0 Å². The summed E-state index contributed by atoms with van der Waals surface area (Å²) in [6.07, 6.45) is 0.700. The van der Waals surface area contributed by atoms with Crippen LogP contribution in [0.3, 0.4) is 0 Å². The molecule has 0 bridgehead atoms. The summed E-state index contributed by atoms with van der Waals surface area (Å²) in [5.74, 6) is -1.53. The first kappa shape index (κ1) is 15.9. The number of hydrogen-bond acceptors (Lipinski definition) is 4. The van der Waals surface area contributed by atoms with E-state index in [1.54, 1.807) is 6.92 Å². The first-order valence-corrected chi connectivity index (χ1v) is 5.99. The third-order valence-electron chi connectivity index (χ3n) is 2.33. The predicted molar refractivity (Wildman–Crippen MR) is 66.3 cm³/mol. The normalized spacial score (nSPS) is 13.0. The molecule has 0 spiro atoms. The van der Waals surface area contributed by atoms with E-state index >= 15 is 0 Å². The Kier molecular flexibility index (Phi) is 6.80. The lowest BCUT2D eigenvalue weighted by Crippen LogP contribution is -2.44. The van der Waals surface area contributed by atoms with Crippen molar-refractivity contribution >= 4 is 11.9 Å². The second-order valence-electron chi connectivity index (χ2n) is 4.98. The molecule has 0 saturated heterocycles. The van der Waals surface area contributed by atoms with E-state index in [1.165, 1.54) is 0 Å². The van der Waals surface area contributed by atoms with Gasteiger partial charge in [0, 0.05) is 6.54 Å². The molecule has 1 atom stereocenters. The average molecular weight is 244 g/mol. The van der Waals surface area contributed by atoms with Crippen molar-refractivity contribution in [2.24, 2.45) is 17.1 Å². The van der Waals surface area contributed by atoms with Gasteiger partial charge in [0.2, 0.25) is 5.91 Å². The molecule has 5 nitrogen and oxygen atoms in total. The van der Waals surface area contributed by atoms with Crippen LogP contribution < -0.4 is 11.1 Å². The molecule has 0 aromatic carbocycles. The van der Waals surface area contributed by atoms with Crippen LogP contribution in [0.25, 0.3) is 0 Å². The first-order valence-electron chi connectivity index (χ1n) is 5.99. The zero-order chi connectivity index (χ0) is 13.5. The minimum absolute atomic E-state index is 0.279. The molecule has 17 heavy (non-hydrogen) atoms. The van der Waals surface area contributed by atoms with Crippen LogP contribution in [0.5, 0.6) is 0 Å². The maximum absolute atomic E-state index is 11.9. The van der Waals surface area contributed by atoms with E-state index in [9.17, 15) is 9.59 Å². The summed E-state index contributed by atoms with van der Waals surface area (Å²) in [6.45, 7) is 8.54. The Bertz CT molecular complexity index is 259. The summed E-state index contributed by atoms with van der Waals surface area (Å²) in [7, 11) is 0. The molecule has 1 amide bonds. The number of nitrogens with one attached hydrogen (secondary N) is 1. The van der Waals surface area contributed by atoms with Crippen molar-refractivity contribution in [2.75, 3.05) is 19.7 Å². The Morgan fingerprint density at radius 1 is 1.35 bits per heavy atom. The van der Waals surface area contributed by atoms with E-state index in [4.69, 9.17) is 10.5 Å². The lowest BCUT2D eigenvalue weighted by Gasteiger charge is -2.27. The topological polar surface area (TPSA) is 81.4 Å². The Labute approximate surface area is 103 Å². The number of carbonyl (C=O) groups excluding carboxylic acids is 2. The third kappa shape index (κ3) is 5.68. The van der Waals surface area contributed by atoms with Gasteiger partial charge in [0.25, 0.3) is 0 Å². The van der Waals surface area contributed by atoms with Gasteiger partial charge in [0.1, 0.15) is 5.92 Å². The van der Waals surface area contributed by atoms with E-state index in [2.05, 4.69) is 5.32 Å². The van der Waals surface area contributed by atoms with Gasteiger partial charge >= 0.3 is 5.97 Å². The largest absolute Gasteiger partial charge is 0.465 e. The number of rotatable bonds is 6. The quantitative estimate of drug-likeness (QED) is 0.409. The van der Waals surface area contributed by atoms with Crippen molar-refractivity contribution in [1.82, 2.24) is 5.32 Å². The third-order valence-corrected chi connectivity index (χ3v) is 2.33. The number of esters is 1. The van der Waals surface area contributed by atoms with Gasteiger partial charge in [-0.05, 0) is 25.3 Å². The molecule has 0 aromatic heterocycles. The summed E-state index contributed by atoms with van der Waals surface area (Å²) < 4.78 is 4.93. The zero-order valence-electron chi connectivity index (χ0n) is 11.2. The highest BCUT2D eigenvalue weighted by Crippen LogP contribution is 2.27. The summed E-state index contributed by atoms with van der Waals surface area (Å²) in [4.78, 5) is 23.7. The summed E-state index contributed by atoms with van der Waals surface area (Å²) >= 11 is 0. The van der Waals surface area contributed by atoms with Crippen LogP contribution in [0.4, 0.5) is 0 Å². The second kappa shape index (κ2) is 7.27. The number of ether oxygens (including phenoxy) is 1. The molecule has 0 radical (unpaired) electrons. The lowest BCUT2D eigenvalue weighted by molar-refractivity contribution is -0.156. The van der Waals surface area contributed by atoms with Crippen LogP contribution in [0, 0.1) is 11.3 Å². The van der Waals surface area contributed by atoms with E-state index in [0.29, 0.717) is 19.5 Å². The standard InChI is InChI=1S/C12H24N2O3/c1-5-17-11(16)9(12(2,3)4)10(15)14-8-6-7-13/h9H,5-8,13H2,1-4H3,(H,14,15). The fraction of sp³-hybridized carbons (Fsp3) is 0.833. The van der Waals surface area contributed by atoms with Crippen LogP contribution in [-0.4, -0.2) is 31.6 Å². The Morgan fingerprint density at radius 2 is 1.94 bits per heavy atom. The van der Waals surface area contributed by atoms with Crippen molar-refractivity contribution in [1.29, 1.82) is 0 Å². The van der Waals surface area contributed by atoms with Crippen LogP contribution in [0.1, 0.15) is 34.1 Å². The van der Waals surface area contributed by atoms with Gasteiger partial charge in [0.05, 0.1) is 6.61 Å². The molecular weight excluding hydrogens is 220 g/mol. The lowest BCUT2D eigenvalue weighted by atomic mass is 9.80. The van der Waals surface area contributed by atoms with Crippen molar-refractivity contribution in [3.8, 4) is 0 Å². The maximum Gasteiger partial charge on any atom is 0.319 e. The minimum Gasteiger partial charge on any atom is -0.465 e. The minimum atomic E-state index is -0.778. The van der Waals surface area contributed by atoms with Crippen LogP contribution >= 0.6 is 0 Å². The summed E-state index contributed by atoms with van der Waals surface area (Å²) in [5, 5.41) is 2.71. The van der Waals surface area contributed by atoms with Gasteiger partial charge in [-0.3, -0.25) is 9.59 Å². The van der Waals surface area contributed by atoms with E-state index in [1.807, 2.05) is 20.8 Å². The Morgan fingerprint density at radius 3 is 2.35 bits per heavy atom. The molecular formula is C12H24N2O3. The van der Waals surface area contributed by atoms with Gasteiger partial charge in [-0.15, -0.1) is 0 Å². The molecule has 0 fully saturated rings. The SMILES string of the molecule is CCOC(=O)C(C(=O)NCCCN)C(C)(C)C.